The molecule has 2 N–H and O–H groups in total. The zero-order chi connectivity index (χ0) is 15.1. The normalized spacial score (nSPS) is 10.2. The molecule has 0 spiro atoms. The van der Waals surface area contributed by atoms with Gasteiger partial charge in [-0.2, -0.15) is 0 Å². The summed E-state index contributed by atoms with van der Waals surface area (Å²) in [6, 6.07) is 7.79. The molecule has 0 saturated heterocycles. The summed E-state index contributed by atoms with van der Waals surface area (Å²) in [5.74, 6) is 0.359. The van der Waals surface area contributed by atoms with Crippen molar-refractivity contribution in [2.75, 3.05) is 17.2 Å². The Labute approximate surface area is 124 Å². The van der Waals surface area contributed by atoms with Crippen molar-refractivity contribution in [2.45, 2.75) is 26.7 Å². The van der Waals surface area contributed by atoms with E-state index in [1.165, 1.54) is 11.8 Å². The van der Waals surface area contributed by atoms with Crippen molar-refractivity contribution < 1.29 is 4.79 Å². The number of carbonyl (C=O) groups is 1. The van der Waals surface area contributed by atoms with Crippen LogP contribution in [0.25, 0.3) is 0 Å². The molecule has 0 aliphatic carbocycles. The van der Waals surface area contributed by atoms with E-state index in [-0.39, 0.29) is 5.91 Å². The minimum Gasteiger partial charge on any atom is -0.369 e. The summed E-state index contributed by atoms with van der Waals surface area (Å²) in [6.45, 7) is 4.97. The summed E-state index contributed by atoms with van der Waals surface area (Å²) in [6.07, 6.45) is 5.04. The average Bonchev–Trinajstić information content (AvgIpc) is 2.54. The summed E-state index contributed by atoms with van der Waals surface area (Å²) in [4.78, 5) is 20.4. The van der Waals surface area contributed by atoms with Crippen LogP contribution in [0.5, 0.6) is 0 Å². The van der Waals surface area contributed by atoms with Crippen LogP contribution in [0.15, 0.2) is 36.7 Å². The van der Waals surface area contributed by atoms with Crippen molar-refractivity contribution in [1.29, 1.82) is 0 Å². The predicted molar refractivity (Wildman–Crippen MR) is 84.6 cm³/mol. The topological polar surface area (TPSA) is 66.9 Å². The Morgan fingerprint density at radius 3 is 2.57 bits per heavy atom. The van der Waals surface area contributed by atoms with E-state index >= 15 is 0 Å². The lowest BCUT2D eigenvalue weighted by atomic mass is 10.1. The molecule has 0 saturated carbocycles. The number of nitrogens with one attached hydrogen (secondary N) is 2. The van der Waals surface area contributed by atoms with Crippen molar-refractivity contribution in [3.8, 4) is 0 Å². The van der Waals surface area contributed by atoms with E-state index in [1.807, 2.05) is 24.3 Å². The average molecular weight is 284 g/mol. The minimum absolute atomic E-state index is 0.258. The van der Waals surface area contributed by atoms with Crippen molar-refractivity contribution in [2.24, 2.45) is 0 Å². The molecule has 1 heterocycles. The summed E-state index contributed by atoms with van der Waals surface area (Å²) in [5, 5.41) is 5.94. The number of amides is 1. The molecule has 1 amide bonds. The molecule has 0 radical (unpaired) electrons. The number of rotatable bonds is 6. The fourth-order valence-corrected chi connectivity index (χ4v) is 1.83. The maximum absolute atomic E-state index is 12.2. The summed E-state index contributed by atoms with van der Waals surface area (Å²) in [7, 11) is 0. The van der Waals surface area contributed by atoms with Gasteiger partial charge in [-0.25, -0.2) is 4.98 Å². The Morgan fingerprint density at radius 2 is 1.90 bits per heavy atom. The fraction of sp³-hybridized carbons (Fsp3) is 0.312. The Hall–Kier alpha value is -2.43. The first-order valence-corrected chi connectivity index (χ1v) is 7.19. The van der Waals surface area contributed by atoms with Crippen molar-refractivity contribution in [1.82, 2.24) is 9.97 Å². The van der Waals surface area contributed by atoms with E-state index in [0.29, 0.717) is 11.5 Å². The van der Waals surface area contributed by atoms with Gasteiger partial charge >= 0.3 is 0 Å². The van der Waals surface area contributed by atoms with E-state index in [1.54, 1.807) is 6.20 Å². The Bertz CT molecular complexity index is 595. The molecule has 0 unspecified atom stereocenters. The highest BCUT2D eigenvalue weighted by Gasteiger charge is 2.09. The van der Waals surface area contributed by atoms with E-state index < -0.39 is 0 Å². The number of hydrogen-bond donors (Lipinski definition) is 2. The number of carbonyl (C=O) groups excluding carboxylic acids is 1. The molecule has 21 heavy (non-hydrogen) atoms. The number of anilines is 2. The monoisotopic (exact) mass is 284 g/mol. The van der Waals surface area contributed by atoms with Gasteiger partial charge < -0.3 is 10.6 Å². The third-order valence-corrected chi connectivity index (χ3v) is 3.04. The molecule has 5 nitrogen and oxygen atoms in total. The lowest BCUT2D eigenvalue weighted by Crippen LogP contribution is -2.15. The molecule has 5 heteroatoms. The first-order chi connectivity index (χ1) is 10.2. The molecule has 0 aliphatic rings. The van der Waals surface area contributed by atoms with Crippen LogP contribution in [0, 0.1) is 0 Å². The molecule has 2 rings (SSSR count). The van der Waals surface area contributed by atoms with Crippen molar-refractivity contribution in [3.05, 3.63) is 47.9 Å². The minimum atomic E-state index is -0.258. The zero-order valence-corrected chi connectivity index (χ0v) is 12.4. The van der Waals surface area contributed by atoms with Crippen LogP contribution in [0.3, 0.4) is 0 Å². The van der Waals surface area contributed by atoms with Gasteiger partial charge in [-0.1, -0.05) is 26.0 Å². The molecule has 110 valence electrons. The van der Waals surface area contributed by atoms with E-state index in [0.717, 1.165) is 25.1 Å². The first kappa shape index (κ1) is 15.0. The Balaban J connectivity index is 2.05. The second-order valence-corrected chi connectivity index (χ2v) is 4.72. The Kier molecular flexibility index (Phi) is 5.26. The highest BCUT2D eigenvalue weighted by molar-refractivity contribution is 6.02. The number of aryl methyl sites for hydroxylation is 1. The van der Waals surface area contributed by atoms with Gasteiger partial charge in [0, 0.05) is 12.2 Å². The van der Waals surface area contributed by atoms with Crippen molar-refractivity contribution >= 4 is 17.4 Å². The molecular formula is C16H20N4O. The van der Waals surface area contributed by atoms with Gasteiger partial charge in [0.25, 0.3) is 5.91 Å². The van der Waals surface area contributed by atoms with Crippen molar-refractivity contribution in [3.63, 3.8) is 0 Å². The second-order valence-electron chi connectivity index (χ2n) is 4.72. The van der Waals surface area contributed by atoms with Gasteiger partial charge in [-0.3, -0.25) is 9.78 Å². The predicted octanol–water partition coefficient (Wildman–Crippen LogP) is 3.11. The van der Waals surface area contributed by atoms with Crippen LogP contribution in [0.1, 0.15) is 36.3 Å². The van der Waals surface area contributed by atoms with Crippen LogP contribution < -0.4 is 10.6 Å². The quantitative estimate of drug-likeness (QED) is 0.855. The van der Waals surface area contributed by atoms with Gasteiger partial charge in [0.1, 0.15) is 11.5 Å². The molecule has 2 aromatic rings. The van der Waals surface area contributed by atoms with Crippen LogP contribution in [-0.2, 0) is 6.42 Å². The molecule has 1 aromatic carbocycles. The van der Waals surface area contributed by atoms with Gasteiger partial charge in [0.2, 0.25) is 0 Å². The van der Waals surface area contributed by atoms with Gasteiger partial charge in [-0.05, 0) is 30.5 Å². The molecule has 0 aliphatic heterocycles. The standard InChI is InChI=1S/C16H20N4O/c1-3-9-18-15-11-17-10-14(20-15)16(21)19-13-7-5-12(4-2)6-8-13/h5-8,10-11H,3-4,9H2,1-2H3,(H,18,20)(H,19,21). The van der Waals surface area contributed by atoms with E-state index in [2.05, 4.69) is 34.4 Å². The molecular weight excluding hydrogens is 264 g/mol. The van der Waals surface area contributed by atoms with Crippen LogP contribution in [-0.4, -0.2) is 22.4 Å². The number of nitrogens with zero attached hydrogens (tertiary/aromatic N) is 2. The highest BCUT2D eigenvalue weighted by atomic mass is 16.1. The third kappa shape index (κ3) is 4.27. The number of aromatic nitrogens is 2. The van der Waals surface area contributed by atoms with Crippen LogP contribution in [0.4, 0.5) is 11.5 Å². The van der Waals surface area contributed by atoms with Crippen LogP contribution in [0.2, 0.25) is 0 Å². The molecule has 0 fully saturated rings. The first-order valence-electron chi connectivity index (χ1n) is 7.19. The molecule has 0 bridgehead atoms. The van der Waals surface area contributed by atoms with Gasteiger partial charge in [-0.15, -0.1) is 0 Å². The van der Waals surface area contributed by atoms with Crippen LogP contribution >= 0.6 is 0 Å². The van der Waals surface area contributed by atoms with Gasteiger partial charge in [0.05, 0.1) is 12.4 Å². The third-order valence-electron chi connectivity index (χ3n) is 3.04. The zero-order valence-electron chi connectivity index (χ0n) is 12.4. The lowest BCUT2D eigenvalue weighted by Gasteiger charge is -2.07. The summed E-state index contributed by atoms with van der Waals surface area (Å²) < 4.78 is 0. The van der Waals surface area contributed by atoms with Gasteiger partial charge in [0.15, 0.2) is 0 Å². The number of benzene rings is 1. The largest absolute Gasteiger partial charge is 0.369 e. The lowest BCUT2D eigenvalue weighted by molar-refractivity contribution is 0.102. The second kappa shape index (κ2) is 7.38. The van der Waals surface area contributed by atoms with E-state index in [4.69, 9.17) is 0 Å². The summed E-state index contributed by atoms with van der Waals surface area (Å²) >= 11 is 0. The smallest absolute Gasteiger partial charge is 0.275 e. The fourth-order valence-electron chi connectivity index (χ4n) is 1.83. The SMILES string of the molecule is CCCNc1cncc(C(=O)Nc2ccc(CC)cc2)n1. The Morgan fingerprint density at radius 1 is 1.14 bits per heavy atom. The maximum atomic E-state index is 12.2. The summed E-state index contributed by atoms with van der Waals surface area (Å²) in [5.41, 5.74) is 2.29. The molecule has 1 aromatic heterocycles. The van der Waals surface area contributed by atoms with E-state index in [9.17, 15) is 4.79 Å². The maximum Gasteiger partial charge on any atom is 0.275 e. The highest BCUT2D eigenvalue weighted by Crippen LogP contribution is 2.11. The number of hydrogen-bond acceptors (Lipinski definition) is 4. The molecule has 0 atom stereocenters.